The van der Waals surface area contributed by atoms with E-state index in [1.54, 1.807) is 55.5 Å². The van der Waals surface area contributed by atoms with Gasteiger partial charge in [0.15, 0.2) is 5.75 Å². The van der Waals surface area contributed by atoms with Gasteiger partial charge in [-0.2, -0.15) is 8.42 Å². The van der Waals surface area contributed by atoms with Crippen LogP contribution in [0.2, 0.25) is 5.02 Å². The quantitative estimate of drug-likeness (QED) is 0.174. The minimum atomic E-state index is -4.67. The minimum absolute atomic E-state index is 0.0554. The van der Waals surface area contributed by atoms with Gasteiger partial charge in [-0.25, -0.2) is 0 Å². The van der Waals surface area contributed by atoms with Crippen molar-refractivity contribution in [1.82, 2.24) is 0 Å². The van der Waals surface area contributed by atoms with Crippen LogP contribution < -0.4 is 10.1 Å². The molecule has 0 saturated carbocycles. The molecule has 0 aliphatic carbocycles. The normalized spacial score (nSPS) is 11.7. The smallest absolute Gasteiger partial charge is 0.296 e. The molecular formula is C26H22ClN3O6S. The summed E-state index contributed by atoms with van der Waals surface area (Å²) in [5, 5.41) is 23.0. The zero-order chi connectivity index (χ0) is 26.7. The Hall–Kier alpha value is -3.99. The van der Waals surface area contributed by atoms with Gasteiger partial charge < -0.3 is 15.2 Å². The fourth-order valence-electron chi connectivity index (χ4n) is 3.66. The van der Waals surface area contributed by atoms with E-state index in [-0.39, 0.29) is 22.0 Å². The molecule has 4 rings (SSSR count). The lowest BCUT2D eigenvalue weighted by Crippen LogP contribution is -2.12. The van der Waals surface area contributed by atoms with E-state index in [2.05, 4.69) is 15.5 Å². The van der Waals surface area contributed by atoms with Crippen molar-refractivity contribution in [2.45, 2.75) is 18.7 Å². The Labute approximate surface area is 218 Å². The Balaban J connectivity index is 1.80. The summed E-state index contributed by atoms with van der Waals surface area (Å²) >= 11 is 6.02. The van der Waals surface area contributed by atoms with Crippen molar-refractivity contribution in [2.75, 3.05) is 11.9 Å². The van der Waals surface area contributed by atoms with E-state index in [9.17, 15) is 22.9 Å². The Kier molecular flexibility index (Phi) is 7.44. The topological polar surface area (TPSA) is 138 Å². The Morgan fingerprint density at radius 1 is 1.05 bits per heavy atom. The average molecular weight is 540 g/mol. The number of aryl methyl sites for hydroxylation is 1. The van der Waals surface area contributed by atoms with Gasteiger partial charge in [0.25, 0.3) is 16.0 Å². The molecule has 0 spiro atoms. The molecule has 0 atom stereocenters. The van der Waals surface area contributed by atoms with Gasteiger partial charge in [-0.15, -0.1) is 10.2 Å². The largest absolute Gasteiger partial charge is 0.505 e. The number of carbonyl (C=O) groups is 1. The average Bonchev–Trinajstić information content (AvgIpc) is 2.84. The molecule has 4 aromatic carbocycles. The van der Waals surface area contributed by atoms with Crippen LogP contribution in [0, 0.1) is 6.92 Å². The predicted octanol–water partition coefficient (Wildman–Crippen LogP) is 6.82. The third-order valence-corrected chi connectivity index (χ3v) is 6.71. The van der Waals surface area contributed by atoms with E-state index in [1.165, 1.54) is 12.1 Å². The Bertz CT molecular complexity index is 1650. The molecule has 0 aliphatic rings. The molecule has 11 heteroatoms. The van der Waals surface area contributed by atoms with Crippen molar-refractivity contribution in [2.24, 2.45) is 10.2 Å². The van der Waals surface area contributed by atoms with Gasteiger partial charge in [-0.1, -0.05) is 41.9 Å². The molecule has 0 fully saturated rings. The lowest BCUT2D eigenvalue weighted by molar-refractivity contribution is 0.102. The number of carbonyl (C=O) groups excluding carboxylic acids is 1. The molecule has 190 valence electrons. The SMILES string of the molecule is CCOc1cccc(NC(=O)c2cc3ccccc3c(N=Nc3cc(C)c(Cl)cc3S(=O)(=O)O)c2O)c1. The number of ether oxygens (including phenoxy) is 1. The number of azo groups is 1. The number of hydrogen-bond acceptors (Lipinski definition) is 7. The van der Waals surface area contributed by atoms with E-state index >= 15 is 0 Å². The highest BCUT2D eigenvalue weighted by Gasteiger charge is 2.21. The molecule has 3 N–H and O–H groups in total. The maximum atomic E-state index is 13.1. The lowest BCUT2D eigenvalue weighted by atomic mass is 10.0. The number of nitrogens with one attached hydrogen (secondary N) is 1. The third-order valence-electron chi connectivity index (χ3n) is 5.42. The number of anilines is 1. The van der Waals surface area contributed by atoms with Crippen LogP contribution >= 0.6 is 11.6 Å². The van der Waals surface area contributed by atoms with E-state index in [0.29, 0.717) is 34.4 Å². The summed E-state index contributed by atoms with van der Waals surface area (Å²) in [6.07, 6.45) is 0. The van der Waals surface area contributed by atoms with Gasteiger partial charge in [0.2, 0.25) is 0 Å². The number of fused-ring (bicyclic) bond motifs is 1. The van der Waals surface area contributed by atoms with Crippen LogP contribution in [0.15, 0.2) is 81.9 Å². The molecule has 0 saturated heterocycles. The summed E-state index contributed by atoms with van der Waals surface area (Å²) in [5.41, 5.74) is 0.646. The monoisotopic (exact) mass is 539 g/mol. The van der Waals surface area contributed by atoms with Crippen molar-refractivity contribution in [3.05, 3.63) is 82.9 Å². The van der Waals surface area contributed by atoms with Crippen molar-refractivity contribution in [3.8, 4) is 11.5 Å². The fraction of sp³-hybridized carbons (Fsp3) is 0.115. The van der Waals surface area contributed by atoms with Crippen LogP contribution in [0.25, 0.3) is 10.8 Å². The summed E-state index contributed by atoms with van der Waals surface area (Å²) in [5.74, 6) is -0.486. The standard InChI is InChI=1S/C26H22ClN3O6S/c1-3-36-18-9-6-8-17(13-18)28-26(32)20-12-16-7-4-5-10-19(16)24(25(20)31)30-29-22-11-15(2)21(27)14-23(22)37(33,34)35/h4-14,31H,3H2,1-2H3,(H,28,32)(H,33,34,35). The first-order valence-electron chi connectivity index (χ1n) is 11.1. The second-order valence-electron chi connectivity index (χ2n) is 8.00. The van der Waals surface area contributed by atoms with Crippen LogP contribution in [0.4, 0.5) is 17.1 Å². The number of phenolic OH excluding ortho intramolecular Hbond substituents is 1. The summed E-state index contributed by atoms with van der Waals surface area (Å²) in [4.78, 5) is 12.6. The minimum Gasteiger partial charge on any atom is -0.505 e. The molecule has 4 aromatic rings. The van der Waals surface area contributed by atoms with E-state index in [1.807, 2.05) is 6.92 Å². The number of benzene rings is 4. The molecule has 9 nitrogen and oxygen atoms in total. The molecule has 0 bridgehead atoms. The summed E-state index contributed by atoms with van der Waals surface area (Å²) in [7, 11) is -4.67. The first kappa shape index (κ1) is 26.1. The van der Waals surface area contributed by atoms with Gasteiger partial charge in [-0.3, -0.25) is 9.35 Å². The highest BCUT2D eigenvalue weighted by atomic mass is 35.5. The molecule has 0 unspecified atom stereocenters. The third kappa shape index (κ3) is 5.72. The van der Waals surface area contributed by atoms with Crippen molar-refractivity contribution in [3.63, 3.8) is 0 Å². The van der Waals surface area contributed by atoms with Gasteiger partial charge >= 0.3 is 0 Å². The van der Waals surface area contributed by atoms with Crippen LogP contribution in [0.1, 0.15) is 22.8 Å². The van der Waals surface area contributed by atoms with Gasteiger partial charge in [0.1, 0.15) is 22.0 Å². The number of hydrogen-bond donors (Lipinski definition) is 3. The Morgan fingerprint density at radius 3 is 2.54 bits per heavy atom. The number of rotatable bonds is 7. The molecule has 1 amide bonds. The Morgan fingerprint density at radius 2 is 1.81 bits per heavy atom. The number of nitrogens with zero attached hydrogens (tertiary/aromatic N) is 2. The van der Waals surface area contributed by atoms with Crippen molar-refractivity contribution >= 4 is 55.5 Å². The van der Waals surface area contributed by atoms with Gasteiger partial charge in [-0.05, 0) is 55.1 Å². The molecule has 0 heterocycles. The number of amides is 1. The maximum Gasteiger partial charge on any atom is 0.296 e. The van der Waals surface area contributed by atoms with Crippen LogP contribution in [-0.2, 0) is 10.1 Å². The zero-order valence-corrected chi connectivity index (χ0v) is 21.3. The summed E-state index contributed by atoms with van der Waals surface area (Å²) in [6.45, 7) is 3.94. The number of halogens is 1. The van der Waals surface area contributed by atoms with E-state index in [0.717, 1.165) is 6.07 Å². The first-order chi connectivity index (χ1) is 17.6. The van der Waals surface area contributed by atoms with Crippen LogP contribution in [0.3, 0.4) is 0 Å². The molecule has 0 radical (unpaired) electrons. The van der Waals surface area contributed by atoms with Crippen LogP contribution in [-0.4, -0.2) is 30.6 Å². The maximum absolute atomic E-state index is 13.1. The summed E-state index contributed by atoms with van der Waals surface area (Å²) < 4.78 is 38.8. The predicted molar refractivity (Wildman–Crippen MR) is 141 cm³/mol. The van der Waals surface area contributed by atoms with Crippen molar-refractivity contribution < 1.29 is 27.6 Å². The molecule has 37 heavy (non-hydrogen) atoms. The summed E-state index contributed by atoms with van der Waals surface area (Å²) in [6, 6.07) is 17.6. The van der Waals surface area contributed by atoms with Crippen molar-refractivity contribution in [1.29, 1.82) is 0 Å². The zero-order valence-electron chi connectivity index (χ0n) is 19.8. The van der Waals surface area contributed by atoms with Gasteiger partial charge in [0, 0.05) is 22.2 Å². The fourth-order valence-corrected chi connectivity index (χ4v) is 4.52. The highest BCUT2D eigenvalue weighted by molar-refractivity contribution is 7.86. The van der Waals surface area contributed by atoms with Crippen LogP contribution in [0.5, 0.6) is 11.5 Å². The second-order valence-corrected chi connectivity index (χ2v) is 9.80. The molecule has 0 aliphatic heterocycles. The first-order valence-corrected chi connectivity index (χ1v) is 12.9. The van der Waals surface area contributed by atoms with E-state index in [4.69, 9.17) is 16.3 Å². The molecule has 0 aromatic heterocycles. The molecular weight excluding hydrogens is 518 g/mol. The second kappa shape index (κ2) is 10.6. The van der Waals surface area contributed by atoms with Gasteiger partial charge in [0.05, 0.1) is 12.2 Å². The highest BCUT2D eigenvalue weighted by Crippen LogP contribution is 2.40. The lowest BCUT2D eigenvalue weighted by Gasteiger charge is -2.12. The van der Waals surface area contributed by atoms with E-state index < -0.39 is 26.7 Å². The number of aromatic hydroxyl groups is 1. The number of phenols is 1.